The lowest BCUT2D eigenvalue weighted by Crippen LogP contribution is -2.72. The molecule has 0 aromatic rings. The number of carboxylic acids is 1. The first-order chi connectivity index (χ1) is 53.0. The highest BCUT2D eigenvalue weighted by Crippen LogP contribution is 2.42. The number of carbonyl (C=O) groups is 6. The summed E-state index contributed by atoms with van der Waals surface area (Å²) in [6, 6.07) is -4.87. The minimum absolute atomic E-state index is 0.0115. The molecule has 0 aromatic carbocycles. The van der Waals surface area contributed by atoms with Crippen LogP contribution < -0.4 is 31.9 Å². The number of unbranched alkanes of at least 4 members (excludes halogenated alkanes) is 14. The number of hydrogen-bond acceptors (Lipinski definition) is 33. The van der Waals surface area contributed by atoms with Gasteiger partial charge in [0.05, 0.1) is 76.0 Å². The number of carboxylic acid groups (broad SMARTS) is 1. The van der Waals surface area contributed by atoms with Gasteiger partial charge in [-0.15, -0.1) is 0 Å². The van der Waals surface area contributed by atoms with E-state index in [1.54, 1.807) is 6.08 Å². The average molecular weight is 1620 g/mol. The molecule has 0 saturated carbocycles. The van der Waals surface area contributed by atoms with Gasteiger partial charge in [0.1, 0.15) is 116 Å². The molecule has 640 valence electrons. The fourth-order valence-corrected chi connectivity index (χ4v) is 16.4. The fourth-order valence-electron chi connectivity index (χ4n) is 14.8. The minimum atomic E-state index is -3.40. The highest BCUT2D eigenvalue weighted by Gasteiger charge is 2.62. The fraction of sp³-hybridized carbons (Fsp3) is 0.887. The Labute approximate surface area is 648 Å². The number of urea groups is 1. The summed E-state index contributed by atoms with van der Waals surface area (Å²) in [6.45, 7) is -1.73. The van der Waals surface area contributed by atoms with Gasteiger partial charge in [-0.05, 0) is 38.5 Å². The van der Waals surface area contributed by atoms with Crippen LogP contribution in [0.2, 0.25) is 0 Å². The summed E-state index contributed by atoms with van der Waals surface area (Å²) >= 11 is 1.81. The summed E-state index contributed by atoms with van der Waals surface area (Å²) in [5, 5.41) is 206. The number of carbonyl (C=O) groups excluding carboxylic acids is 5. The minimum Gasteiger partial charge on any atom is -0.477 e. The number of ether oxygens (including phenoxy) is 10. The Kier molecular flexibility index (Phi) is 39.4. The maximum absolute atomic E-state index is 13.8. The molecule has 7 heterocycles. The van der Waals surface area contributed by atoms with E-state index in [0.717, 1.165) is 64.5 Å². The number of hydrogen-bond donors (Lipinski definition) is 23. The van der Waals surface area contributed by atoms with Crippen molar-refractivity contribution in [3.63, 3.8) is 0 Å². The third kappa shape index (κ3) is 26.3. The van der Waals surface area contributed by atoms with Crippen molar-refractivity contribution >= 4 is 47.4 Å². The van der Waals surface area contributed by atoms with Crippen LogP contribution in [-0.4, -0.2) is 363 Å². The van der Waals surface area contributed by atoms with E-state index < -0.39 is 241 Å². The van der Waals surface area contributed by atoms with Gasteiger partial charge in [0.2, 0.25) is 23.6 Å². The number of fused-ring (bicyclic) bond motifs is 1. The SMILES string of the molecule is CCCCCCCCCCCCCC=CC(O)C(COC1OC(CO)C(OC2OC(CO)C(OC3OC(CO)C(O)C(OC4OC(CO)C(O)C(O)C4O)C3NC(C)=O)C(OC3(C(=O)O)CC(O)C(NC(C)=O)C(C(O)C(O)CO)O3)C2O)C(O)C1O)NC(=O)CCCCCNC(=O)CCCCC1SCC2NC(=O)NC21. The van der Waals surface area contributed by atoms with E-state index in [-0.39, 0.29) is 35.7 Å². The van der Waals surface area contributed by atoms with Gasteiger partial charge in [-0.2, -0.15) is 11.8 Å². The number of allylic oxidation sites excluding steroid dienone is 1. The summed E-state index contributed by atoms with van der Waals surface area (Å²) in [7, 11) is 0. The van der Waals surface area contributed by atoms with Crippen LogP contribution in [0.15, 0.2) is 12.2 Å². The molecule has 7 fully saturated rings. The summed E-state index contributed by atoms with van der Waals surface area (Å²) in [6.07, 6.45) is -30.8. The van der Waals surface area contributed by atoms with Crippen LogP contribution in [0.4, 0.5) is 4.79 Å². The van der Waals surface area contributed by atoms with E-state index in [4.69, 9.17) is 47.4 Å². The first kappa shape index (κ1) is 93.8. The van der Waals surface area contributed by atoms with E-state index in [1.807, 2.05) is 11.8 Å². The molecule has 40 heteroatoms. The van der Waals surface area contributed by atoms with E-state index >= 15 is 0 Å². The molecule has 31 atom stereocenters. The van der Waals surface area contributed by atoms with E-state index in [1.165, 1.54) is 44.6 Å². The zero-order valence-corrected chi connectivity index (χ0v) is 63.8. The molecule has 31 unspecified atom stereocenters. The van der Waals surface area contributed by atoms with Crippen molar-refractivity contribution in [3.05, 3.63) is 12.2 Å². The van der Waals surface area contributed by atoms with Gasteiger partial charge >= 0.3 is 12.0 Å². The molecule has 0 aliphatic carbocycles. The van der Waals surface area contributed by atoms with Crippen LogP contribution in [0.1, 0.15) is 156 Å². The van der Waals surface area contributed by atoms with Crippen molar-refractivity contribution < 1.29 is 163 Å². The van der Waals surface area contributed by atoms with Crippen LogP contribution in [0.3, 0.4) is 0 Å². The molecular weight excluding hydrogens is 1500 g/mol. The molecule has 7 saturated heterocycles. The lowest BCUT2D eigenvalue weighted by atomic mass is 9.88. The number of amides is 6. The second-order valence-corrected chi connectivity index (χ2v) is 30.9. The van der Waals surface area contributed by atoms with Gasteiger partial charge < -0.3 is 166 Å². The standard InChI is InChI=1S/C71H122N6O33S/c1-4-5-6-7-8-9-10-11-12-13-14-15-17-22-39(85)37(75-48(89)25-18-16-21-26-72-47(88)24-20-19-23-46-49-38(34-111-46)76-70(100)77-49)33-101-66-58(96)56(94)60(44(31-81)104-66)106-68-59(97)64(110-71(69(98)99)27-40(86)50(73-35(2)83)63(109-71)52(90)41(87)28-78)61(45(32-82)105-68)107-65-51(74-36(3)84)62(54(92)43(30-80)102-65)108-67-57(95)55(93)53(91)42(29-79)103-67/h17,22,37-46,49-68,78-82,85-87,90-97H,4-16,18-21,23-34H2,1-3H3,(H,72,88)(H,73,83)(H,74,84)(H,75,89)(H,98,99)(H2,76,77,100). The first-order valence-electron chi connectivity index (χ1n) is 38.8. The molecule has 39 nitrogen and oxygen atoms in total. The monoisotopic (exact) mass is 1620 g/mol. The van der Waals surface area contributed by atoms with Gasteiger partial charge in [-0.1, -0.05) is 96.1 Å². The highest BCUT2D eigenvalue weighted by molar-refractivity contribution is 8.00. The van der Waals surface area contributed by atoms with Gasteiger partial charge in [0.15, 0.2) is 25.2 Å². The second kappa shape index (κ2) is 46.6. The maximum Gasteiger partial charge on any atom is 0.364 e. The van der Waals surface area contributed by atoms with Gasteiger partial charge in [0.25, 0.3) is 5.79 Å². The molecule has 23 N–H and O–H groups in total. The number of aliphatic hydroxyl groups excluding tert-OH is 16. The predicted molar refractivity (Wildman–Crippen MR) is 384 cm³/mol. The molecule has 7 aliphatic rings. The van der Waals surface area contributed by atoms with Crippen LogP contribution in [-0.2, 0) is 71.3 Å². The van der Waals surface area contributed by atoms with Crippen molar-refractivity contribution in [1.29, 1.82) is 0 Å². The Morgan fingerprint density at radius 2 is 1.14 bits per heavy atom. The number of aliphatic carboxylic acids is 1. The highest BCUT2D eigenvalue weighted by atomic mass is 32.2. The zero-order chi connectivity index (χ0) is 81.2. The van der Waals surface area contributed by atoms with Gasteiger partial charge in [-0.3, -0.25) is 19.2 Å². The molecule has 111 heavy (non-hydrogen) atoms. The largest absolute Gasteiger partial charge is 0.477 e. The smallest absolute Gasteiger partial charge is 0.364 e. The molecule has 0 spiro atoms. The molecule has 0 radical (unpaired) electrons. The summed E-state index contributed by atoms with van der Waals surface area (Å²) in [4.78, 5) is 77.5. The number of rotatable bonds is 47. The van der Waals surface area contributed by atoms with Gasteiger partial charge in [0, 0.05) is 50.7 Å². The number of thioether (sulfide) groups is 1. The molecule has 0 bridgehead atoms. The average Bonchev–Trinajstić information content (AvgIpc) is 1.72. The van der Waals surface area contributed by atoms with Crippen LogP contribution in [0.5, 0.6) is 0 Å². The molecule has 7 rings (SSSR count). The van der Waals surface area contributed by atoms with Crippen LogP contribution >= 0.6 is 11.8 Å². The molecule has 7 aliphatic heterocycles. The van der Waals surface area contributed by atoms with E-state index in [9.17, 15) is 116 Å². The van der Waals surface area contributed by atoms with Crippen molar-refractivity contribution in [3.8, 4) is 0 Å². The van der Waals surface area contributed by atoms with Crippen molar-refractivity contribution in [2.24, 2.45) is 0 Å². The Morgan fingerprint density at radius 1 is 0.595 bits per heavy atom. The topological polar surface area (TPSA) is 611 Å². The lowest BCUT2D eigenvalue weighted by molar-refractivity contribution is -0.403. The predicted octanol–water partition coefficient (Wildman–Crippen LogP) is -5.90. The number of nitrogens with one attached hydrogen (secondary N) is 6. The number of aliphatic hydroxyl groups is 16. The maximum atomic E-state index is 13.8. The Morgan fingerprint density at radius 3 is 1.78 bits per heavy atom. The molecular formula is C71H122N6O33S. The van der Waals surface area contributed by atoms with Crippen molar-refractivity contribution in [1.82, 2.24) is 31.9 Å². The molecule has 0 aromatic heterocycles. The lowest BCUT2D eigenvalue weighted by Gasteiger charge is -2.52. The van der Waals surface area contributed by atoms with E-state index in [0.29, 0.717) is 45.1 Å². The quantitative estimate of drug-likeness (QED) is 0.0153. The summed E-state index contributed by atoms with van der Waals surface area (Å²) in [5.74, 6) is -7.14. The molecule has 6 amide bonds. The Hall–Kier alpha value is -4.33. The van der Waals surface area contributed by atoms with Gasteiger partial charge in [-0.25, -0.2) is 9.59 Å². The first-order valence-corrected chi connectivity index (χ1v) is 39.9. The summed E-state index contributed by atoms with van der Waals surface area (Å²) < 4.78 is 60.0. The zero-order valence-electron chi connectivity index (χ0n) is 63.0. The van der Waals surface area contributed by atoms with E-state index in [2.05, 4.69) is 38.8 Å². The van der Waals surface area contributed by atoms with Crippen molar-refractivity contribution in [2.75, 3.05) is 51.9 Å². The third-order valence-electron chi connectivity index (χ3n) is 21.1. The van der Waals surface area contributed by atoms with Crippen molar-refractivity contribution in [2.45, 2.75) is 344 Å². The Balaban J connectivity index is 1.08. The van der Waals surface area contributed by atoms with Crippen LogP contribution in [0, 0.1) is 0 Å². The third-order valence-corrected chi connectivity index (χ3v) is 22.6. The Bertz CT molecular complexity index is 2850. The summed E-state index contributed by atoms with van der Waals surface area (Å²) in [5.41, 5.74) is 0. The van der Waals surface area contributed by atoms with Crippen LogP contribution in [0.25, 0.3) is 0 Å². The second-order valence-electron chi connectivity index (χ2n) is 29.6. The normalized spacial score (nSPS) is 36.8.